The molecule has 0 radical (unpaired) electrons. The SMILES string of the molecule is CN=C(C=C(C)C)Nc1nc(C(N=C(C)C)c2ccc(F)cc2)nn2cccc12. The van der Waals surface area contributed by atoms with E-state index in [1.807, 2.05) is 52.1 Å². The third-order valence-electron chi connectivity index (χ3n) is 4.14. The van der Waals surface area contributed by atoms with Crippen LogP contribution in [-0.2, 0) is 0 Å². The second-order valence-corrected chi connectivity index (χ2v) is 7.14. The molecule has 0 spiro atoms. The highest BCUT2D eigenvalue weighted by Gasteiger charge is 2.19. The molecule has 0 saturated heterocycles. The molecule has 1 N–H and O–H groups in total. The van der Waals surface area contributed by atoms with E-state index in [4.69, 9.17) is 9.98 Å². The number of fused-ring (bicyclic) bond motifs is 1. The van der Waals surface area contributed by atoms with Crippen LogP contribution in [0.2, 0.25) is 0 Å². The van der Waals surface area contributed by atoms with Crippen molar-refractivity contribution in [3.8, 4) is 0 Å². The van der Waals surface area contributed by atoms with Gasteiger partial charge >= 0.3 is 0 Å². The Morgan fingerprint density at radius 2 is 1.86 bits per heavy atom. The summed E-state index contributed by atoms with van der Waals surface area (Å²) in [6, 6.07) is 9.67. The number of aromatic nitrogens is 3. The minimum absolute atomic E-state index is 0.292. The zero-order valence-corrected chi connectivity index (χ0v) is 17.3. The van der Waals surface area contributed by atoms with Gasteiger partial charge in [-0.3, -0.25) is 9.98 Å². The first-order valence-electron chi connectivity index (χ1n) is 9.38. The Balaban J connectivity index is 2.13. The Morgan fingerprint density at radius 1 is 1.14 bits per heavy atom. The van der Waals surface area contributed by atoms with E-state index in [9.17, 15) is 4.39 Å². The van der Waals surface area contributed by atoms with Gasteiger partial charge in [0.15, 0.2) is 11.6 Å². The lowest BCUT2D eigenvalue weighted by molar-refractivity contribution is 0.625. The molecule has 0 fully saturated rings. The van der Waals surface area contributed by atoms with Crippen molar-refractivity contribution in [2.45, 2.75) is 33.7 Å². The molecule has 6 nitrogen and oxygen atoms in total. The number of allylic oxidation sites excluding steroid dienone is 1. The first kappa shape index (κ1) is 20.4. The minimum Gasteiger partial charge on any atom is -0.323 e. The summed E-state index contributed by atoms with van der Waals surface area (Å²) >= 11 is 0. The number of benzene rings is 1. The Labute approximate surface area is 169 Å². The molecule has 2 aromatic heterocycles. The molecule has 1 aromatic carbocycles. The van der Waals surface area contributed by atoms with Gasteiger partial charge in [-0.05, 0) is 63.6 Å². The Kier molecular flexibility index (Phi) is 6.16. The van der Waals surface area contributed by atoms with E-state index in [1.54, 1.807) is 23.7 Å². The maximum Gasteiger partial charge on any atom is 0.180 e. The molecule has 3 aromatic rings. The predicted molar refractivity (Wildman–Crippen MR) is 116 cm³/mol. The van der Waals surface area contributed by atoms with Crippen molar-refractivity contribution in [1.29, 1.82) is 0 Å². The molecule has 150 valence electrons. The monoisotopic (exact) mass is 392 g/mol. The average Bonchev–Trinajstić information content (AvgIpc) is 3.14. The van der Waals surface area contributed by atoms with Crippen LogP contribution >= 0.6 is 0 Å². The molecule has 2 heterocycles. The lowest BCUT2D eigenvalue weighted by atomic mass is 10.1. The molecule has 1 unspecified atom stereocenters. The molecular formula is C22H25FN6. The average molecular weight is 392 g/mol. The summed E-state index contributed by atoms with van der Waals surface area (Å²) in [4.78, 5) is 13.8. The number of nitrogens with one attached hydrogen (secondary N) is 1. The highest BCUT2D eigenvalue weighted by molar-refractivity contribution is 6.05. The fourth-order valence-corrected chi connectivity index (χ4v) is 2.90. The van der Waals surface area contributed by atoms with Gasteiger partial charge < -0.3 is 5.32 Å². The summed E-state index contributed by atoms with van der Waals surface area (Å²) in [7, 11) is 1.73. The van der Waals surface area contributed by atoms with Crippen molar-refractivity contribution in [2.24, 2.45) is 9.98 Å². The van der Waals surface area contributed by atoms with Gasteiger partial charge in [0.25, 0.3) is 0 Å². The van der Waals surface area contributed by atoms with E-state index in [2.05, 4.69) is 15.4 Å². The Morgan fingerprint density at radius 3 is 2.48 bits per heavy atom. The fourth-order valence-electron chi connectivity index (χ4n) is 2.90. The predicted octanol–water partition coefficient (Wildman–Crippen LogP) is 4.85. The van der Waals surface area contributed by atoms with Gasteiger partial charge in [0.2, 0.25) is 0 Å². The van der Waals surface area contributed by atoms with Crippen molar-refractivity contribution in [3.63, 3.8) is 0 Å². The number of nitrogens with zero attached hydrogens (tertiary/aromatic N) is 5. The quantitative estimate of drug-likeness (QED) is 0.499. The van der Waals surface area contributed by atoms with Crippen LogP contribution in [0.15, 0.2) is 64.2 Å². The van der Waals surface area contributed by atoms with Crippen molar-refractivity contribution in [3.05, 3.63) is 71.4 Å². The summed E-state index contributed by atoms with van der Waals surface area (Å²) in [5, 5.41) is 7.94. The summed E-state index contributed by atoms with van der Waals surface area (Å²) < 4.78 is 15.2. The fraction of sp³-hybridized carbons (Fsp3) is 0.273. The topological polar surface area (TPSA) is 66.9 Å². The smallest absolute Gasteiger partial charge is 0.180 e. The molecule has 7 heteroatoms. The highest BCUT2D eigenvalue weighted by Crippen LogP contribution is 2.26. The first-order chi connectivity index (χ1) is 13.9. The second kappa shape index (κ2) is 8.77. The number of rotatable bonds is 5. The summed E-state index contributed by atoms with van der Waals surface area (Å²) in [6.45, 7) is 7.85. The largest absolute Gasteiger partial charge is 0.323 e. The molecule has 0 saturated carbocycles. The van der Waals surface area contributed by atoms with Crippen molar-refractivity contribution in [2.75, 3.05) is 12.4 Å². The lowest BCUT2D eigenvalue weighted by Crippen LogP contribution is -2.16. The van der Waals surface area contributed by atoms with E-state index in [0.717, 1.165) is 22.4 Å². The van der Waals surface area contributed by atoms with Gasteiger partial charge in [0.1, 0.15) is 23.2 Å². The number of hydrogen-bond donors (Lipinski definition) is 1. The lowest BCUT2D eigenvalue weighted by Gasteiger charge is -2.15. The molecule has 0 amide bonds. The third kappa shape index (κ3) is 4.93. The van der Waals surface area contributed by atoms with Gasteiger partial charge in [-0.25, -0.2) is 13.9 Å². The summed E-state index contributed by atoms with van der Waals surface area (Å²) in [6.07, 6.45) is 3.81. The van der Waals surface area contributed by atoms with Gasteiger partial charge in [0, 0.05) is 19.0 Å². The van der Waals surface area contributed by atoms with E-state index >= 15 is 0 Å². The first-order valence-corrected chi connectivity index (χ1v) is 9.38. The normalized spacial score (nSPS) is 12.6. The summed E-state index contributed by atoms with van der Waals surface area (Å²) in [5.74, 6) is 1.55. The second-order valence-electron chi connectivity index (χ2n) is 7.14. The zero-order chi connectivity index (χ0) is 21.0. The van der Waals surface area contributed by atoms with Crippen LogP contribution in [0.25, 0.3) is 5.52 Å². The van der Waals surface area contributed by atoms with Gasteiger partial charge in [-0.2, -0.15) is 0 Å². The van der Waals surface area contributed by atoms with Crippen molar-refractivity contribution >= 4 is 22.9 Å². The Bertz CT molecular complexity index is 1080. The van der Waals surface area contributed by atoms with Gasteiger partial charge in [0.05, 0.1) is 0 Å². The molecule has 0 aliphatic rings. The van der Waals surface area contributed by atoms with E-state index in [1.165, 1.54) is 12.1 Å². The van der Waals surface area contributed by atoms with Crippen LogP contribution in [0, 0.1) is 5.82 Å². The number of anilines is 1. The summed E-state index contributed by atoms with van der Waals surface area (Å²) in [5.41, 5.74) is 3.64. The molecule has 0 aliphatic carbocycles. The zero-order valence-electron chi connectivity index (χ0n) is 17.3. The van der Waals surface area contributed by atoms with E-state index in [0.29, 0.717) is 17.5 Å². The number of amidine groups is 1. The Hall–Kier alpha value is -3.35. The standard InChI is InChI=1S/C22H25FN6/c1-14(2)13-19(24-5)26-21-18-7-6-12-29(18)28-22(27-21)20(25-15(3)4)16-8-10-17(23)11-9-16/h6-13,20H,1-5H3,(H,24,26,27,28). The van der Waals surface area contributed by atoms with Gasteiger partial charge in [-0.15, -0.1) is 5.10 Å². The third-order valence-corrected chi connectivity index (χ3v) is 4.14. The van der Waals surface area contributed by atoms with Crippen LogP contribution in [-0.4, -0.2) is 33.2 Å². The number of aliphatic imine (C=N–C) groups is 2. The maximum atomic E-state index is 13.4. The molecule has 29 heavy (non-hydrogen) atoms. The maximum absolute atomic E-state index is 13.4. The molecule has 0 bridgehead atoms. The van der Waals surface area contributed by atoms with Crippen molar-refractivity contribution in [1.82, 2.24) is 14.6 Å². The van der Waals surface area contributed by atoms with Crippen molar-refractivity contribution < 1.29 is 4.39 Å². The van der Waals surface area contributed by atoms with Crippen LogP contribution in [0.5, 0.6) is 0 Å². The van der Waals surface area contributed by atoms with Gasteiger partial charge in [-0.1, -0.05) is 17.7 Å². The van der Waals surface area contributed by atoms with Crippen LogP contribution in [0.1, 0.15) is 45.1 Å². The molecular weight excluding hydrogens is 367 g/mol. The van der Waals surface area contributed by atoms with Crippen LogP contribution < -0.4 is 5.32 Å². The minimum atomic E-state index is -0.446. The highest BCUT2D eigenvalue weighted by atomic mass is 19.1. The number of hydrogen-bond acceptors (Lipinski definition) is 4. The molecule has 1 atom stereocenters. The number of halogens is 1. The molecule has 3 rings (SSSR count). The van der Waals surface area contributed by atoms with Crippen LogP contribution in [0.4, 0.5) is 10.2 Å². The van der Waals surface area contributed by atoms with E-state index < -0.39 is 6.04 Å². The van der Waals surface area contributed by atoms with E-state index in [-0.39, 0.29) is 5.82 Å². The van der Waals surface area contributed by atoms with Crippen LogP contribution in [0.3, 0.4) is 0 Å². The molecule has 0 aliphatic heterocycles.